The van der Waals surface area contributed by atoms with Crippen LogP contribution in [0.15, 0.2) is 18.3 Å². The number of nitrogens with zero attached hydrogens (tertiary/aromatic N) is 2. The molecule has 0 aliphatic carbocycles. The topological polar surface area (TPSA) is 17.8 Å². The molecule has 0 fully saturated rings. The van der Waals surface area contributed by atoms with E-state index in [1.165, 1.54) is 0 Å². The average Bonchev–Trinajstić information content (AvgIpc) is 2.81. The maximum atomic E-state index is 12.9. The van der Waals surface area contributed by atoms with Crippen LogP contribution in [0.5, 0.6) is 0 Å². The lowest BCUT2D eigenvalue weighted by atomic mass is 10.2. The minimum atomic E-state index is -4.82. The van der Waals surface area contributed by atoms with Crippen molar-refractivity contribution < 1.29 is 26.3 Å². The fourth-order valence-corrected chi connectivity index (χ4v) is 2.66. The number of alkyl halides is 6. The summed E-state index contributed by atoms with van der Waals surface area (Å²) in [6.45, 7) is 0. The number of benzene rings is 1. The zero-order valence-electron chi connectivity index (χ0n) is 11.0. The van der Waals surface area contributed by atoms with Gasteiger partial charge in [-0.05, 0) is 17.0 Å². The fraction of sp³-hybridized carbons (Fsp3) is 0.154. The van der Waals surface area contributed by atoms with Gasteiger partial charge in [0.05, 0.1) is 21.2 Å². The lowest BCUT2D eigenvalue weighted by Gasteiger charge is -2.12. The van der Waals surface area contributed by atoms with E-state index in [-0.39, 0.29) is 5.69 Å². The number of rotatable bonds is 1. The van der Waals surface area contributed by atoms with E-state index >= 15 is 0 Å². The van der Waals surface area contributed by atoms with E-state index in [2.05, 4.69) is 31.8 Å². The van der Waals surface area contributed by atoms with E-state index in [9.17, 15) is 26.3 Å². The lowest BCUT2D eigenvalue weighted by molar-refractivity contribution is -0.141. The zero-order valence-corrected chi connectivity index (χ0v) is 14.1. The molecule has 24 heavy (non-hydrogen) atoms. The summed E-state index contributed by atoms with van der Waals surface area (Å²) in [5, 5.41) is 2.28. The third-order valence-corrected chi connectivity index (χ3v) is 3.51. The molecule has 2 aromatic rings. The van der Waals surface area contributed by atoms with Gasteiger partial charge in [-0.2, -0.15) is 31.4 Å². The fourth-order valence-electron chi connectivity index (χ4n) is 1.79. The Balaban J connectivity index is 2.67. The summed E-state index contributed by atoms with van der Waals surface area (Å²) in [6.07, 6.45) is -8.65. The Hall–Kier alpha value is -1.37. The van der Waals surface area contributed by atoms with Crippen LogP contribution in [0.25, 0.3) is 5.69 Å². The Bertz CT molecular complexity index is 822. The predicted molar refractivity (Wildman–Crippen MR) is 79.4 cm³/mol. The van der Waals surface area contributed by atoms with Crippen molar-refractivity contribution in [2.45, 2.75) is 12.4 Å². The van der Waals surface area contributed by atoms with Crippen LogP contribution in [0.3, 0.4) is 0 Å². The molecule has 0 radical (unpaired) electrons. The Kier molecular flexibility index (Phi) is 5.14. The number of aromatic nitrogens is 2. The van der Waals surface area contributed by atoms with Crippen molar-refractivity contribution in [3.8, 4) is 16.4 Å². The van der Waals surface area contributed by atoms with E-state index in [0.717, 1.165) is 6.20 Å². The summed E-state index contributed by atoms with van der Waals surface area (Å²) < 4.78 is 77.6. The highest BCUT2D eigenvalue weighted by Gasteiger charge is 2.38. The van der Waals surface area contributed by atoms with Gasteiger partial charge in [0.2, 0.25) is 0 Å². The number of halogens is 9. The van der Waals surface area contributed by atoms with Gasteiger partial charge in [0.25, 0.3) is 0 Å². The summed E-state index contributed by atoms with van der Waals surface area (Å²) in [5.41, 5.74) is -3.27. The second kappa shape index (κ2) is 6.50. The Morgan fingerprint density at radius 1 is 1.00 bits per heavy atom. The summed E-state index contributed by atoms with van der Waals surface area (Å²) >= 11 is 14.2. The first-order valence-electron chi connectivity index (χ1n) is 5.80. The van der Waals surface area contributed by atoms with Crippen LogP contribution in [0.4, 0.5) is 26.3 Å². The normalized spacial score (nSPS) is 12.0. The molecule has 1 aromatic heterocycles. The van der Waals surface area contributed by atoms with Gasteiger partial charge < -0.3 is 0 Å². The molecule has 0 atom stereocenters. The van der Waals surface area contributed by atoms with Gasteiger partial charge >= 0.3 is 12.4 Å². The van der Waals surface area contributed by atoms with Crippen molar-refractivity contribution in [2.24, 2.45) is 0 Å². The first-order chi connectivity index (χ1) is 10.9. The quantitative estimate of drug-likeness (QED) is 0.388. The highest BCUT2D eigenvalue weighted by atomic mass is 79.9. The Labute approximate surface area is 149 Å². The highest BCUT2D eigenvalue weighted by molar-refractivity contribution is 9.12. The van der Waals surface area contributed by atoms with Gasteiger partial charge in [-0.25, -0.2) is 4.68 Å². The van der Waals surface area contributed by atoms with Crippen molar-refractivity contribution in [3.05, 3.63) is 45.2 Å². The van der Waals surface area contributed by atoms with Crippen LogP contribution in [0.1, 0.15) is 16.8 Å². The van der Waals surface area contributed by atoms with Gasteiger partial charge in [-0.15, -0.1) is 0 Å². The molecule has 0 aliphatic rings. The molecule has 1 aromatic carbocycles. The van der Waals surface area contributed by atoms with Gasteiger partial charge in [0.1, 0.15) is 5.69 Å². The highest BCUT2D eigenvalue weighted by Crippen LogP contribution is 2.38. The molecule has 0 unspecified atom stereocenters. The molecular formula is C13H3BrCl2F6N2. The van der Waals surface area contributed by atoms with Gasteiger partial charge in [-0.3, -0.25) is 0 Å². The molecule has 0 aliphatic heterocycles. The van der Waals surface area contributed by atoms with Crippen molar-refractivity contribution in [2.75, 3.05) is 0 Å². The van der Waals surface area contributed by atoms with Crippen molar-refractivity contribution in [3.63, 3.8) is 0 Å². The van der Waals surface area contributed by atoms with Crippen molar-refractivity contribution in [1.82, 2.24) is 9.78 Å². The van der Waals surface area contributed by atoms with Crippen LogP contribution in [-0.4, -0.2) is 9.78 Å². The molecule has 0 saturated carbocycles. The molecule has 128 valence electrons. The predicted octanol–water partition coefficient (Wildman–Crippen LogP) is 5.92. The molecule has 11 heteroatoms. The monoisotopic (exact) mass is 450 g/mol. The van der Waals surface area contributed by atoms with Gasteiger partial charge in [-0.1, -0.05) is 29.1 Å². The van der Waals surface area contributed by atoms with Gasteiger partial charge in [0, 0.05) is 22.1 Å². The van der Waals surface area contributed by atoms with Crippen molar-refractivity contribution >= 4 is 39.1 Å². The van der Waals surface area contributed by atoms with Gasteiger partial charge in [0.15, 0.2) is 5.69 Å². The Morgan fingerprint density at radius 2 is 1.54 bits per heavy atom. The molecule has 2 rings (SSSR count). The van der Waals surface area contributed by atoms with Crippen LogP contribution in [0.2, 0.25) is 10.0 Å². The molecule has 0 bridgehead atoms. The molecule has 2 nitrogen and oxygen atoms in total. The summed E-state index contributed by atoms with van der Waals surface area (Å²) in [6, 6.07) is 1.10. The first kappa shape index (κ1) is 19.0. The molecule has 1 heterocycles. The van der Waals surface area contributed by atoms with E-state index in [0.29, 0.717) is 16.8 Å². The molecule has 0 saturated heterocycles. The van der Waals surface area contributed by atoms with E-state index < -0.39 is 39.2 Å². The number of hydrogen-bond acceptors (Lipinski definition) is 1. The molecule has 0 N–H and O–H groups in total. The maximum Gasteiger partial charge on any atom is 0.436 e. The van der Waals surface area contributed by atoms with E-state index in [4.69, 9.17) is 23.2 Å². The molecule has 0 amide bonds. The van der Waals surface area contributed by atoms with E-state index in [1.54, 1.807) is 0 Å². The Morgan fingerprint density at radius 3 is 1.96 bits per heavy atom. The second-order valence-corrected chi connectivity index (χ2v) is 5.55. The smallest absolute Gasteiger partial charge is 0.236 e. The number of hydrogen-bond donors (Lipinski definition) is 0. The van der Waals surface area contributed by atoms with Crippen LogP contribution >= 0.6 is 39.1 Å². The molecular weight excluding hydrogens is 449 g/mol. The lowest BCUT2D eigenvalue weighted by Crippen LogP contribution is -2.10. The van der Waals surface area contributed by atoms with Crippen LogP contribution < -0.4 is 0 Å². The maximum absolute atomic E-state index is 12.9. The molecule has 0 spiro atoms. The van der Waals surface area contributed by atoms with E-state index in [1.807, 2.05) is 0 Å². The van der Waals surface area contributed by atoms with Crippen molar-refractivity contribution in [1.29, 1.82) is 0 Å². The van der Waals surface area contributed by atoms with Crippen LogP contribution in [-0.2, 0) is 12.4 Å². The largest absolute Gasteiger partial charge is 0.436 e. The third-order valence-electron chi connectivity index (χ3n) is 2.74. The standard InChI is InChI=1S/C13H3BrCl2F6N2/c14-2-1-6-5-24(23-11(6)13(20,21)22)10-8(15)3-7(4-9(10)16)12(17,18)19/h3-5H. The summed E-state index contributed by atoms with van der Waals surface area (Å²) in [4.78, 5) is 2.11. The second-order valence-electron chi connectivity index (χ2n) is 4.34. The first-order valence-corrected chi connectivity index (χ1v) is 7.35. The zero-order chi connectivity index (χ0) is 18.3. The van der Waals surface area contributed by atoms with Crippen LogP contribution in [0, 0.1) is 10.8 Å². The third kappa shape index (κ3) is 3.82. The minimum absolute atomic E-state index is 0.320. The minimum Gasteiger partial charge on any atom is -0.236 e. The summed E-state index contributed by atoms with van der Waals surface area (Å²) in [5.74, 6) is 2.14. The average molecular weight is 452 g/mol. The SMILES string of the molecule is FC(F)(F)c1cc(Cl)c(-n2cc(C#CBr)c(C(F)(F)F)n2)c(Cl)c1. The summed E-state index contributed by atoms with van der Waals surface area (Å²) in [7, 11) is 0.